The molecule has 0 saturated carbocycles. The van der Waals surface area contributed by atoms with Gasteiger partial charge in [0.15, 0.2) is 0 Å². The van der Waals surface area contributed by atoms with E-state index in [4.69, 9.17) is 4.74 Å². The van der Waals surface area contributed by atoms with Crippen LogP contribution >= 0.6 is 0 Å². The van der Waals surface area contributed by atoms with E-state index in [9.17, 15) is 0 Å². The van der Waals surface area contributed by atoms with Crippen LogP contribution < -0.4 is 4.74 Å². The van der Waals surface area contributed by atoms with E-state index in [2.05, 4.69) is 55.5 Å². The van der Waals surface area contributed by atoms with Gasteiger partial charge in [0.05, 0.1) is 17.8 Å². The SMILES string of the molecule is CCCCOc1ccc2nn(-c3ccc(CCCC)cc3)cc2c1. The van der Waals surface area contributed by atoms with Crippen LogP contribution in [0.15, 0.2) is 48.7 Å². The fourth-order valence-corrected chi connectivity index (χ4v) is 2.76. The van der Waals surface area contributed by atoms with Gasteiger partial charge >= 0.3 is 0 Å². The minimum Gasteiger partial charge on any atom is -0.494 e. The van der Waals surface area contributed by atoms with Crippen molar-refractivity contribution >= 4 is 10.9 Å². The summed E-state index contributed by atoms with van der Waals surface area (Å²) in [5.74, 6) is 0.922. The Labute approximate surface area is 144 Å². The zero-order valence-electron chi connectivity index (χ0n) is 14.7. The normalized spacial score (nSPS) is 11.1. The quantitative estimate of drug-likeness (QED) is 0.509. The molecular formula is C21H26N2O. The summed E-state index contributed by atoms with van der Waals surface area (Å²) >= 11 is 0. The Morgan fingerprint density at radius 3 is 2.50 bits per heavy atom. The molecule has 0 bridgehead atoms. The number of hydrogen-bond acceptors (Lipinski definition) is 2. The van der Waals surface area contributed by atoms with Gasteiger partial charge in [0.1, 0.15) is 5.75 Å². The van der Waals surface area contributed by atoms with E-state index >= 15 is 0 Å². The highest BCUT2D eigenvalue weighted by atomic mass is 16.5. The molecule has 0 aliphatic heterocycles. The molecule has 2 aromatic carbocycles. The number of benzene rings is 2. The first-order valence-electron chi connectivity index (χ1n) is 9.01. The van der Waals surface area contributed by atoms with Gasteiger partial charge in [-0.1, -0.05) is 38.8 Å². The highest BCUT2D eigenvalue weighted by molar-refractivity contribution is 5.80. The number of ether oxygens (including phenoxy) is 1. The van der Waals surface area contributed by atoms with Crippen LogP contribution in [0.3, 0.4) is 0 Å². The Morgan fingerprint density at radius 2 is 1.75 bits per heavy atom. The van der Waals surface area contributed by atoms with Gasteiger partial charge < -0.3 is 4.74 Å². The molecule has 24 heavy (non-hydrogen) atoms. The first kappa shape index (κ1) is 16.6. The molecule has 0 unspecified atom stereocenters. The van der Waals surface area contributed by atoms with Crippen molar-refractivity contribution in [2.45, 2.75) is 46.0 Å². The molecule has 3 nitrogen and oxygen atoms in total. The molecule has 3 rings (SSSR count). The molecule has 126 valence electrons. The minimum absolute atomic E-state index is 0.773. The maximum absolute atomic E-state index is 5.79. The van der Waals surface area contributed by atoms with Crippen LogP contribution in [0.5, 0.6) is 5.75 Å². The zero-order chi connectivity index (χ0) is 16.8. The van der Waals surface area contributed by atoms with Crippen LogP contribution in [0.25, 0.3) is 16.6 Å². The lowest BCUT2D eigenvalue weighted by Crippen LogP contribution is -1.95. The smallest absolute Gasteiger partial charge is 0.120 e. The van der Waals surface area contributed by atoms with Gasteiger partial charge in [-0.25, -0.2) is 4.68 Å². The van der Waals surface area contributed by atoms with Crippen LogP contribution in [0.4, 0.5) is 0 Å². The average molecular weight is 322 g/mol. The molecule has 0 atom stereocenters. The average Bonchev–Trinajstić information content (AvgIpc) is 3.04. The molecule has 0 radical (unpaired) electrons. The number of rotatable bonds is 8. The van der Waals surface area contributed by atoms with Gasteiger partial charge in [0.2, 0.25) is 0 Å². The van der Waals surface area contributed by atoms with E-state index in [0.29, 0.717) is 0 Å². The summed E-state index contributed by atoms with van der Waals surface area (Å²) in [7, 11) is 0. The fourth-order valence-electron chi connectivity index (χ4n) is 2.76. The van der Waals surface area contributed by atoms with Gasteiger partial charge in [0.25, 0.3) is 0 Å². The summed E-state index contributed by atoms with van der Waals surface area (Å²) < 4.78 is 7.73. The lowest BCUT2D eigenvalue weighted by atomic mass is 10.1. The summed E-state index contributed by atoms with van der Waals surface area (Å²) in [4.78, 5) is 0. The molecule has 0 aliphatic carbocycles. The predicted octanol–water partition coefficient (Wildman–Crippen LogP) is 5.55. The van der Waals surface area contributed by atoms with E-state index in [0.717, 1.165) is 48.2 Å². The zero-order valence-corrected chi connectivity index (χ0v) is 14.7. The topological polar surface area (TPSA) is 27.1 Å². The molecular weight excluding hydrogens is 296 g/mol. The number of fused-ring (bicyclic) bond motifs is 1. The van der Waals surface area contributed by atoms with E-state index in [1.165, 1.54) is 18.4 Å². The fraction of sp³-hybridized carbons (Fsp3) is 0.381. The molecule has 0 amide bonds. The molecule has 0 aliphatic rings. The van der Waals surface area contributed by atoms with Crippen molar-refractivity contribution in [1.29, 1.82) is 0 Å². The summed E-state index contributed by atoms with van der Waals surface area (Å²) in [6, 6.07) is 14.8. The van der Waals surface area contributed by atoms with Crippen LogP contribution in [0, 0.1) is 0 Å². The molecule has 1 aromatic heterocycles. The third kappa shape index (κ3) is 3.97. The van der Waals surface area contributed by atoms with Crippen LogP contribution in [0.2, 0.25) is 0 Å². The van der Waals surface area contributed by atoms with Crippen LogP contribution in [-0.2, 0) is 6.42 Å². The third-order valence-corrected chi connectivity index (χ3v) is 4.26. The largest absolute Gasteiger partial charge is 0.494 e. The minimum atomic E-state index is 0.773. The monoisotopic (exact) mass is 322 g/mol. The highest BCUT2D eigenvalue weighted by Gasteiger charge is 2.05. The predicted molar refractivity (Wildman–Crippen MR) is 100 cm³/mol. The van der Waals surface area contributed by atoms with Gasteiger partial charge in [0, 0.05) is 11.6 Å². The Bertz CT molecular complexity index is 774. The maximum atomic E-state index is 5.79. The van der Waals surface area contributed by atoms with Crippen molar-refractivity contribution in [1.82, 2.24) is 9.78 Å². The van der Waals surface area contributed by atoms with E-state index < -0.39 is 0 Å². The molecule has 0 fully saturated rings. The van der Waals surface area contributed by atoms with Crippen LogP contribution in [-0.4, -0.2) is 16.4 Å². The summed E-state index contributed by atoms with van der Waals surface area (Å²) in [6.45, 7) is 5.17. The standard InChI is InChI=1S/C21H26N2O/c1-3-5-7-17-8-10-19(11-9-17)23-16-18-15-20(24-14-6-4-2)12-13-21(18)22-23/h8-13,15-16H,3-7,14H2,1-2H3. The lowest BCUT2D eigenvalue weighted by molar-refractivity contribution is 0.310. The Balaban J connectivity index is 1.77. The second kappa shape index (κ2) is 8.00. The molecule has 0 N–H and O–H groups in total. The lowest BCUT2D eigenvalue weighted by Gasteiger charge is -2.04. The van der Waals surface area contributed by atoms with Crippen molar-refractivity contribution in [2.75, 3.05) is 6.61 Å². The Morgan fingerprint density at radius 1 is 0.958 bits per heavy atom. The van der Waals surface area contributed by atoms with Gasteiger partial charge in [-0.15, -0.1) is 0 Å². The maximum Gasteiger partial charge on any atom is 0.120 e. The van der Waals surface area contributed by atoms with Crippen molar-refractivity contribution in [3.05, 3.63) is 54.2 Å². The molecule has 3 aromatic rings. The van der Waals surface area contributed by atoms with E-state index in [1.54, 1.807) is 0 Å². The number of hydrogen-bond donors (Lipinski definition) is 0. The van der Waals surface area contributed by atoms with Crippen molar-refractivity contribution in [3.8, 4) is 11.4 Å². The van der Waals surface area contributed by atoms with Crippen molar-refractivity contribution < 1.29 is 4.74 Å². The first-order chi connectivity index (χ1) is 11.8. The van der Waals surface area contributed by atoms with Gasteiger partial charge in [-0.3, -0.25) is 0 Å². The Hall–Kier alpha value is -2.29. The number of unbranched alkanes of at least 4 members (excludes halogenated alkanes) is 2. The number of aromatic nitrogens is 2. The van der Waals surface area contributed by atoms with Gasteiger partial charge in [-0.2, -0.15) is 5.10 Å². The van der Waals surface area contributed by atoms with E-state index in [1.807, 2.05) is 16.8 Å². The third-order valence-electron chi connectivity index (χ3n) is 4.26. The van der Waals surface area contributed by atoms with Gasteiger partial charge in [-0.05, 0) is 55.2 Å². The molecule has 3 heteroatoms. The highest BCUT2D eigenvalue weighted by Crippen LogP contribution is 2.22. The molecule has 1 heterocycles. The van der Waals surface area contributed by atoms with Crippen molar-refractivity contribution in [3.63, 3.8) is 0 Å². The summed E-state index contributed by atoms with van der Waals surface area (Å²) in [6.07, 6.45) is 7.93. The number of aryl methyl sites for hydroxylation is 1. The summed E-state index contributed by atoms with van der Waals surface area (Å²) in [5, 5.41) is 5.78. The number of nitrogens with zero attached hydrogens (tertiary/aromatic N) is 2. The van der Waals surface area contributed by atoms with E-state index in [-0.39, 0.29) is 0 Å². The Kier molecular flexibility index (Phi) is 5.52. The van der Waals surface area contributed by atoms with Crippen LogP contribution in [0.1, 0.15) is 45.1 Å². The second-order valence-corrected chi connectivity index (χ2v) is 6.27. The molecule has 0 saturated heterocycles. The first-order valence-corrected chi connectivity index (χ1v) is 9.01. The summed E-state index contributed by atoms with van der Waals surface area (Å²) in [5.41, 5.74) is 3.48. The second-order valence-electron chi connectivity index (χ2n) is 6.27. The van der Waals surface area contributed by atoms with Crippen molar-refractivity contribution in [2.24, 2.45) is 0 Å². The molecule has 0 spiro atoms.